The second-order valence-electron chi connectivity index (χ2n) is 5.90. The van der Waals surface area contributed by atoms with Crippen LogP contribution in [0, 0.1) is 0 Å². The molecule has 3 aromatic heterocycles. The van der Waals surface area contributed by atoms with Crippen LogP contribution in [0.3, 0.4) is 0 Å². The Kier molecular flexibility index (Phi) is 3.53. The van der Waals surface area contributed by atoms with Crippen LogP contribution >= 0.6 is 0 Å². The summed E-state index contributed by atoms with van der Waals surface area (Å²) in [5.74, 6) is 2.61. The molecule has 27 heavy (non-hydrogen) atoms. The molecular formula is C19H15N5O3. The van der Waals surface area contributed by atoms with Crippen molar-refractivity contribution in [3.63, 3.8) is 0 Å². The van der Waals surface area contributed by atoms with Crippen LogP contribution in [0.25, 0.3) is 28.3 Å². The highest BCUT2D eigenvalue weighted by atomic mass is 16.7. The van der Waals surface area contributed by atoms with E-state index in [0.717, 1.165) is 28.1 Å². The second kappa shape index (κ2) is 6.17. The van der Waals surface area contributed by atoms with Crippen molar-refractivity contribution in [2.24, 2.45) is 0 Å². The Morgan fingerprint density at radius 2 is 2.00 bits per heavy atom. The van der Waals surface area contributed by atoms with Crippen molar-refractivity contribution in [1.82, 2.24) is 19.5 Å². The molecule has 0 amide bonds. The van der Waals surface area contributed by atoms with Crippen molar-refractivity contribution in [3.8, 4) is 39.8 Å². The minimum atomic E-state index is 0.221. The van der Waals surface area contributed by atoms with Gasteiger partial charge in [0.25, 0.3) is 0 Å². The van der Waals surface area contributed by atoms with Crippen LogP contribution in [0.2, 0.25) is 0 Å². The average Bonchev–Trinajstić information content (AvgIpc) is 3.48. The molecule has 1 N–H and O–H groups in total. The number of nitrogens with one attached hydrogen (secondary N) is 1. The van der Waals surface area contributed by atoms with E-state index >= 15 is 0 Å². The first-order valence-electron chi connectivity index (χ1n) is 8.34. The lowest BCUT2D eigenvalue weighted by molar-refractivity contribution is 0.174. The Labute approximate surface area is 154 Å². The number of aromatic nitrogens is 4. The number of anilines is 1. The molecule has 1 aliphatic heterocycles. The third kappa shape index (κ3) is 2.58. The van der Waals surface area contributed by atoms with Crippen LogP contribution in [-0.4, -0.2) is 33.4 Å². The Hall–Kier alpha value is -3.81. The molecule has 5 rings (SSSR count). The van der Waals surface area contributed by atoms with Crippen LogP contribution in [0.1, 0.15) is 0 Å². The molecule has 0 saturated carbocycles. The summed E-state index contributed by atoms with van der Waals surface area (Å²) in [5.41, 5.74) is 3.35. The van der Waals surface area contributed by atoms with E-state index in [-0.39, 0.29) is 6.79 Å². The maximum atomic E-state index is 5.54. The number of hydrogen-bond donors (Lipinski definition) is 1. The molecule has 0 saturated heterocycles. The molecule has 8 heteroatoms. The van der Waals surface area contributed by atoms with Gasteiger partial charge in [0.05, 0.1) is 23.8 Å². The molecule has 1 aliphatic rings. The average molecular weight is 361 g/mol. The molecule has 4 aromatic rings. The normalized spacial score (nSPS) is 12.3. The fourth-order valence-electron chi connectivity index (χ4n) is 3.06. The van der Waals surface area contributed by atoms with Crippen LogP contribution < -0.4 is 14.8 Å². The second-order valence-corrected chi connectivity index (χ2v) is 5.90. The van der Waals surface area contributed by atoms with Crippen molar-refractivity contribution in [2.45, 2.75) is 0 Å². The van der Waals surface area contributed by atoms with Gasteiger partial charge in [0.1, 0.15) is 12.1 Å². The number of rotatable bonds is 4. The van der Waals surface area contributed by atoms with Gasteiger partial charge in [-0.1, -0.05) is 0 Å². The maximum Gasteiger partial charge on any atom is 0.237 e. The van der Waals surface area contributed by atoms with Gasteiger partial charge in [0.2, 0.25) is 12.7 Å². The molecule has 4 heterocycles. The number of imidazole rings is 1. The molecule has 0 unspecified atom stereocenters. The summed E-state index contributed by atoms with van der Waals surface area (Å²) < 4.78 is 18.0. The number of nitrogens with zero attached hydrogens (tertiary/aromatic N) is 4. The predicted octanol–water partition coefficient (Wildman–Crippen LogP) is 3.36. The monoisotopic (exact) mass is 361 g/mol. The minimum Gasteiger partial charge on any atom is -0.472 e. The molecule has 1 aromatic carbocycles. The Morgan fingerprint density at radius 3 is 2.78 bits per heavy atom. The summed E-state index contributed by atoms with van der Waals surface area (Å²) in [7, 11) is 1.83. The maximum absolute atomic E-state index is 5.54. The van der Waals surface area contributed by atoms with Crippen molar-refractivity contribution in [1.29, 1.82) is 0 Å². The van der Waals surface area contributed by atoms with E-state index in [1.807, 2.05) is 31.3 Å². The quantitative estimate of drug-likeness (QED) is 0.596. The highest BCUT2D eigenvalue weighted by molar-refractivity contribution is 5.88. The molecule has 0 spiro atoms. The number of fused-ring (bicyclic) bond motifs is 1. The SMILES string of the molecule is CNc1nc(-n2ccnc2)nc(-c2ccc3c(c2)OCO3)c1-c1ccoc1. The van der Waals surface area contributed by atoms with E-state index in [2.05, 4.69) is 15.3 Å². The van der Waals surface area contributed by atoms with Gasteiger partial charge >= 0.3 is 0 Å². The van der Waals surface area contributed by atoms with Crippen LogP contribution in [-0.2, 0) is 0 Å². The van der Waals surface area contributed by atoms with Crippen LogP contribution in [0.5, 0.6) is 11.5 Å². The summed E-state index contributed by atoms with van der Waals surface area (Å²) in [6.07, 6.45) is 8.45. The fourth-order valence-corrected chi connectivity index (χ4v) is 3.06. The number of benzene rings is 1. The zero-order valence-corrected chi connectivity index (χ0v) is 14.4. The molecule has 0 bridgehead atoms. The topological polar surface area (TPSA) is 87.2 Å². The zero-order chi connectivity index (χ0) is 18.2. The lowest BCUT2D eigenvalue weighted by Gasteiger charge is -2.15. The highest BCUT2D eigenvalue weighted by Crippen LogP contribution is 2.40. The molecule has 134 valence electrons. The van der Waals surface area contributed by atoms with Gasteiger partial charge in [-0.2, -0.15) is 4.98 Å². The molecule has 0 atom stereocenters. The summed E-state index contributed by atoms with van der Waals surface area (Å²) in [6, 6.07) is 7.64. The highest BCUT2D eigenvalue weighted by Gasteiger charge is 2.21. The summed E-state index contributed by atoms with van der Waals surface area (Å²) in [6.45, 7) is 0.221. The predicted molar refractivity (Wildman–Crippen MR) is 98.0 cm³/mol. The largest absolute Gasteiger partial charge is 0.472 e. The Morgan fingerprint density at radius 1 is 1.07 bits per heavy atom. The van der Waals surface area contributed by atoms with Gasteiger partial charge in [0, 0.05) is 30.6 Å². The molecule has 8 nitrogen and oxygen atoms in total. The van der Waals surface area contributed by atoms with E-state index in [1.54, 1.807) is 35.8 Å². The summed E-state index contributed by atoms with van der Waals surface area (Å²) in [5, 5.41) is 3.17. The molecule has 0 fully saturated rings. The summed E-state index contributed by atoms with van der Waals surface area (Å²) >= 11 is 0. The molecule has 0 aliphatic carbocycles. The number of hydrogen-bond acceptors (Lipinski definition) is 7. The fraction of sp³-hybridized carbons (Fsp3) is 0.105. The van der Waals surface area contributed by atoms with Gasteiger partial charge in [0.15, 0.2) is 11.5 Å². The Balaban J connectivity index is 1.77. The molecule has 0 radical (unpaired) electrons. The van der Waals surface area contributed by atoms with Crippen LogP contribution in [0.4, 0.5) is 5.82 Å². The lowest BCUT2D eigenvalue weighted by atomic mass is 10.0. The standard InChI is InChI=1S/C19H15N5O3/c1-20-18-16(13-4-7-25-9-13)17(22-19(23-18)24-6-5-21-10-24)12-2-3-14-15(8-12)27-11-26-14/h2-10H,11H2,1H3,(H,20,22,23). The van der Waals surface area contributed by atoms with Crippen molar-refractivity contribution in [2.75, 3.05) is 19.2 Å². The van der Waals surface area contributed by atoms with Crippen LogP contribution in [0.15, 0.2) is 59.9 Å². The first-order valence-corrected chi connectivity index (χ1v) is 8.34. The van der Waals surface area contributed by atoms with E-state index < -0.39 is 0 Å². The van der Waals surface area contributed by atoms with Gasteiger partial charge in [-0.15, -0.1) is 0 Å². The van der Waals surface area contributed by atoms with E-state index in [9.17, 15) is 0 Å². The Bertz CT molecular complexity index is 1090. The third-order valence-electron chi connectivity index (χ3n) is 4.33. The summed E-state index contributed by atoms with van der Waals surface area (Å²) in [4.78, 5) is 13.5. The minimum absolute atomic E-state index is 0.221. The number of ether oxygens (including phenoxy) is 2. The number of furan rings is 1. The van der Waals surface area contributed by atoms with Gasteiger partial charge in [-0.25, -0.2) is 9.97 Å². The van der Waals surface area contributed by atoms with E-state index in [1.165, 1.54) is 0 Å². The van der Waals surface area contributed by atoms with E-state index in [0.29, 0.717) is 17.5 Å². The van der Waals surface area contributed by atoms with Crippen molar-refractivity contribution in [3.05, 3.63) is 55.5 Å². The lowest BCUT2D eigenvalue weighted by Crippen LogP contribution is -2.06. The van der Waals surface area contributed by atoms with Gasteiger partial charge in [-0.05, 0) is 24.3 Å². The first-order chi connectivity index (χ1) is 13.3. The van der Waals surface area contributed by atoms with Gasteiger partial charge in [-0.3, -0.25) is 4.57 Å². The molecular weight excluding hydrogens is 346 g/mol. The third-order valence-corrected chi connectivity index (χ3v) is 4.33. The van der Waals surface area contributed by atoms with Crippen molar-refractivity contribution < 1.29 is 13.9 Å². The smallest absolute Gasteiger partial charge is 0.237 e. The first kappa shape index (κ1) is 15.4. The zero-order valence-electron chi connectivity index (χ0n) is 14.4. The van der Waals surface area contributed by atoms with Crippen molar-refractivity contribution >= 4 is 5.82 Å². The van der Waals surface area contributed by atoms with Gasteiger partial charge < -0.3 is 19.2 Å². The van der Waals surface area contributed by atoms with E-state index in [4.69, 9.17) is 18.9 Å².